The molecular formula is C45H58F6N12O3. The van der Waals surface area contributed by atoms with Gasteiger partial charge in [-0.3, -0.25) is 0 Å². The number of hydrogen-bond acceptors (Lipinski definition) is 15. The lowest BCUT2D eigenvalue weighted by molar-refractivity contribution is -0.275. The Hall–Kier alpha value is -6.45. The Morgan fingerprint density at radius 2 is 1.09 bits per heavy atom. The highest BCUT2D eigenvalue weighted by Gasteiger charge is 2.33. The molecule has 2 aromatic carbocycles. The van der Waals surface area contributed by atoms with Crippen LogP contribution in [-0.2, 0) is 17.9 Å². The summed E-state index contributed by atoms with van der Waals surface area (Å²) in [6, 6.07) is 16.7. The number of nitrogens with zero attached hydrogens (tertiary/aromatic N) is 6. The molecule has 0 saturated heterocycles. The Bertz CT molecular complexity index is 2170. The second-order valence-electron chi connectivity index (χ2n) is 15.2. The average Bonchev–Trinajstić information content (AvgIpc) is 3.27. The Kier molecular flexibility index (Phi) is 22.1. The molecule has 0 radical (unpaired) electrons. The second kappa shape index (κ2) is 27.1. The van der Waals surface area contributed by atoms with Gasteiger partial charge in [0.05, 0.1) is 12.4 Å². The lowest BCUT2D eigenvalue weighted by Gasteiger charge is -2.29. The summed E-state index contributed by atoms with van der Waals surface area (Å²) in [6.45, 7) is 5.96. The van der Waals surface area contributed by atoms with E-state index >= 15 is 0 Å². The predicted molar refractivity (Wildman–Crippen MR) is 239 cm³/mol. The minimum atomic E-state index is -4.78. The molecule has 4 aromatic rings. The molecule has 2 aliphatic carbocycles. The van der Waals surface area contributed by atoms with E-state index in [1.807, 2.05) is 6.07 Å². The number of hydrogen-bond donors (Lipinski definition) is 6. The van der Waals surface area contributed by atoms with Gasteiger partial charge in [-0.25, -0.2) is 9.97 Å². The van der Waals surface area contributed by atoms with Gasteiger partial charge in [0.2, 0.25) is 11.9 Å². The molecule has 0 aliphatic heterocycles. The maximum Gasteiger partial charge on any atom is 0.573 e. The number of halogens is 6. The van der Waals surface area contributed by atoms with Crippen molar-refractivity contribution < 1.29 is 40.6 Å². The van der Waals surface area contributed by atoms with Crippen molar-refractivity contribution in [3.63, 3.8) is 0 Å². The standard InChI is InChI=1S/C22H27F3N6O.C20H23F3N6O.C2H4O.CH4/c1-2-27-18-9-7-15(8-10-18)12-28-20-17(11-26)14-30-21(31-20)29-13-16-5-3-4-6-19(16)32-22(23,24)25;21-20(22,23)30-17-4-2-1-3-14(17)11-27-19-28-12-15(9-24)18(29-19)26-10-13-5-7-16(25)8-6-13;1-2-3;/h3-6,14-15,18,27H,2,7-10,12-13H2,1H3,(H2,28,29,30,31);1-4,12-13,16H,5-8,10-11,25H2,(H2,26,27,28,29);2H,1H3;1H4. The molecule has 66 heavy (non-hydrogen) atoms. The quantitative estimate of drug-likeness (QED) is 0.0456. The van der Waals surface area contributed by atoms with E-state index in [4.69, 9.17) is 10.5 Å². The maximum atomic E-state index is 12.6. The highest BCUT2D eigenvalue weighted by Crippen LogP contribution is 2.30. The van der Waals surface area contributed by atoms with Crippen LogP contribution in [0.2, 0.25) is 0 Å². The van der Waals surface area contributed by atoms with Gasteiger partial charge >= 0.3 is 12.7 Å². The summed E-state index contributed by atoms with van der Waals surface area (Å²) in [5.74, 6) is 1.59. The molecule has 2 fully saturated rings. The van der Waals surface area contributed by atoms with E-state index in [0.29, 0.717) is 64.9 Å². The molecule has 0 unspecified atom stereocenters. The van der Waals surface area contributed by atoms with E-state index in [-0.39, 0.29) is 50.0 Å². The van der Waals surface area contributed by atoms with Crippen molar-refractivity contribution in [2.75, 3.05) is 40.9 Å². The second-order valence-corrected chi connectivity index (χ2v) is 15.2. The molecule has 15 nitrogen and oxygen atoms in total. The topological polar surface area (TPSA) is 221 Å². The Morgan fingerprint density at radius 3 is 1.47 bits per heavy atom. The van der Waals surface area contributed by atoms with E-state index in [1.54, 1.807) is 12.1 Å². The zero-order valence-electron chi connectivity index (χ0n) is 36.1. The first-order chi connectivity index (χ1) is 31.1. The molecule has 358 valence electrons. The van der Waals surface area contributed by atoms with Crippen LogP contribution in [0.25, 0.3) is 0 Å². The molecule has 7 N–H and O–H groups in total. The molecule has 2 heterocycles. The Morgan fingerprint density at radius 1 is 0.697 bits per heavy atom. The van der Waals surface area contributed by atoms with Crippen molar-refractivity contribution in [2.45, 2.75) is 111 Å². The lowest BCUT2D eigenvalue weighted by Crippen LogP contribution is -2.34. The molecule has 2 saturated carbocycles. The van der Waals surface area contributed by atoms with Gasteiger partial charge in [-0.05, 0) is 88.8 Å². The molecule has 0 amide bonds. The molecule has 0 atom stereocenters. The monoisotopic (exact) mass is 928 g/mol. The third-order valence-electron chi connectivity index (χ3n) is 10.4. The summed E-state index contributed by atoms with van der Waals surface area (Å²) in [5, 5.41) is 34.4. The van der Waals surface area contributed by atoms with Crippen molar-refractivity contribution >= 4 is 29.8 Å². The summed E-state index contributed by atoms with van der Waals surface area (Å²) in [4.78, 5) is 25.7. The van der Waals surface area contributed by atoms with Crippen molar-refractivity contribution in [1.29, 1.82) is 10.5 Å². The summed E-state index contributed by atoms with van der Waals surface area (Å²) >= 11 is 0. The summed E-state index contributed by atoms with van der Waals surface area (Å²) in [7, 11) is 0. The van der Waals surface area contributed by atoms with Gasteiger partial charge in [-0.2, -0.15) is 20.5 Å². The minimum Gasteiger partial charge on any atom is -0.405 e. The van der Waals surface area contributed by atoms with Gasteiger partial charge in [0.25, 0.3) is 0 Å². The first-order valence-corrected chi connectivity index (χ1v) is 21.2. The summed E-state index contributed by atoms with van der Waals surface area (Å²) in [6.07, 6.45) is 2.42. The van der Waals surface area contributed by atoms with Gasteiger partial charge in [-0.15, -0.1) is 26.3 Å². The van der Waals surface area contributed by atoms with Gasteiger partial charge in [-0.1, -0.05) is 50.7 Å². The van der Waals surface area contributed by atoms with Crippen molar-refractivity contribution in [3.8, 4) is 23.6 Å². The highest BCUT2D eigenvalue weighted by atomic mass is 19.4. The van der Waals surface area contributed by atoms with Crippen LogP contribution in [0.1, 0.15) is 94.9 Å². The number of nitrogens with two attached hydrogens (primary N) is 1. The van der Waals surface area contributed by atoms with E-state index in [1.165, 1.54) is 55.7 Å². The van der Waals surface area contributed by atoms with Gasteiger partial charge in [0, 0.05) is 49.4 Å². The van der Waals surface area contributed by atoms with Crippen molar-refractivity contribution in [3.05, 3.63) is 83.2 Å². The lowest BCUT2D eigenvalue weighted by atomic mass is 9.86. The highest BCUT2D eigenvalue weighted by molar-refractivity contribution is 5.54. The molecular weight excluding hydrogens is 871 g/mol. The number of aldehydes is 1. The number of para-hydroxylation sites is 2. The van der Waals surface area contributed by atoms with Crippen LogP contribution in [-0.4, -0.2) is 70.7 Å². The minimum absolute atomic E-state index is 0. The van der Waals surface area contributed by atoms with Gasteiger partial charge < -0.3 is 46.6 Å². The van der Waals surface area contributed by atoms with Crippen LogP contribution in [0.4, 0.5) is 49.9 Å². The average molecular weight is 929 g/mol. The normalized spacial score (nSPS) is 17.9. The van der Waals surface area contributed by atoms with Crippen LogP contribution >= 0.6 is 0 Å². The number of nitriles is 2. The molecule has 0 spiro atoms. The fourth-order valence-electron chi connectivity index (χ4n) is 7.20. The third kappa shape index (κ3) is 18.9. The van der Waals surface area contributed by atoms with Gasteiger partial charge in [0.15, 0.2) is 0 Å². The van der Waals surface area contributed by atoms with Crippen molar-refractivity contribution in [1.82, 2.24) is 25.3 Å². The molecule has 6 rings (SSSR count). The molecule has 2 aliphatic rings. The molecule has 21 heteroatoms. The zero-order valence-corrected chi connectivity index (χ0v) is 36.1. The van der Waals surface area contributed by atoms with E-state index in [2.05, 4.69) is 69.0 Å². The summed E-state index contributed by atoms with van der Waals surface area (Å²) in [5.41, 5.74) is 7.16. The number of anilines is 4. The number of rotatable bonds is 16. The van der Waals surface area contributed by atoms with E-state index < -0.39 is 12.7 Å². The number of aromatic nitrogens is 4. The number of benzene rings is 2. The van der Waals surface area contributed by atoms with Crippen molar-refractivity contribution in [2.24, 2.45) is 17.6 Å². The zero-order chi connectivity index (χ0) is 47.2. The fraction of sp³-hybridized carbons (Fsp3) is 0.489. The van der Waals surface area contributed by atoms with Crippen LogP contribution in [0.3, 0.4) is 0 Å². The third-order valence-corrected chi connectivity index (χ3v) is 10.4. The number of nitrogens with one attached hydrogen (secondary N) is 5. The Labute approximate surface area is 381 Å². The maximum absolute atomic E-state index is 12.6. The fourth-order valence-corrected chi connectivity index (χ4v) is 7.20. The van der Waals surface area contributed by atoms with Gasteiger partial charge in [0.1, 0.15) is 52.7 Å². The van der Waals surface area contributed by atoms with E-state index in [0.717, 1.165) is 64.2 Å². The predicted octanol–water partition coefficient (Wildman–Crippen LogP) is 9.07. The van der Waals surface area contributed by atoms with Crippen LogP contribution in [0.15, 0.2) is 60.9 Å². The van der Waals surface area contributed by atoms with Crippen LogP contribution < -0.4 is 41.8 Å². The number of carbonyl (C=O) groups is 1. The number of alkyl halides is 6. The number of ether oxygens (including phenoxy) is 2. The van der Waals surface area contributed by atoms with Crippen LogP contribution in [0, 0.1) is 34.5 Å². The van der Waals surface area contributed by atoms with E-state index in [9.17, 15) is 36.9 Å². The smallest absolute Gasteiger partial charge is 0.405 e. The SMILES string of the molecule is C.CC=O.CCNC1CCC(CNc2nc(NCc3ccccc3OC(F)(F)F)ncc2C#N)CC1.N#Cc1cnc(NCc2ccccc2OC(F)(F)F)nc1NCC1CCC(N)CC1. The number of carbonyl (C=O) groups excluding carboxylic acids is 1. The largest absolute Gasteiger partial charge is 0.573 e. The molecule has 0 bridgehead atoms. The molecule has 2 aromatic heterocycles. The van der Waals surface area contributed by atoms with Crippen LogP contribution in [0.5, 0.6) is 11.5 Å². The Balaban J connectivity index is 0.000000327. The first kappa shape index (κ1) is 53.9. The first-order valence-electron chi connectivity index (χ1n) is 21.2. The summed E-state index contributed by atoms with van der Waals surface area (Å²) < 4.78 is 83.6.